The predicted octanol–water partition coefficient (Wildman–Crippen LogP) is 4.44. The number of carbonyl (C=O) groups is 4. The summed E-state index contributed by atoms with van der Waals surface area (Å²) in [4.78, 5) is 60.0. The van der Waals surface area contributed by atoms with Gasteiger partial charge in [0.2, 0.25) is 17.7 Å². The highest BCUT2D eigenvalue weighted by Gasteiger charge is 2.60. The Labute approximate surface area is 261 Å². The summed E-state index contributed by atoms with van der Waals surface area (Å²) in [6.07, 6.45) is 2.87. The second-order valence-electron chi connectivity index (χ2n) is 10.7. The van der Waals surface area contributed by atoms with Crippen molar-refractivity contribution in [3.63, 3.8) is 0 Å². The number of imide groups is 1. The van der Waals surface area contributed by atoms with E-state index in [2.05, 4.69) is 0 Å². The van der Waals surface area contributed by atoms with Crippen LogP contribution >= 0.6 is 11.8 Å². The molecule has 3 aromatic rings. The van der Waals surface area contributed by atoms with Crippen molar-refractivity contribution < 1.29 is 28.7 Å². The molecule has 5 rings (SSSR count). The summed E-state index contributed by atoms with van der Waals surface area (Å²) in [6, 6.07) is 22.9. The van der Waals surface area contributed by atoms with Gasteiger partial charge in [0, 0.05) is 44.1 Å². The fraction of sp³-hybridized carbons (Fsp3) is 0.294. The lowest BCUT2D eigenvalue weighted by Crippen LogP contribution is -2.56. The number of piperazine rings is 1. The third kappa shape index (κ3) is 6.35. The number of rotatable bonds is 8. The van der Waals surface area contributed by atoms with Gasteiger partial charge in [0.25, 0.3) is 5.91 Å². The molecule has 2 heterocycles. The molecule has 0 aromatic heterocycles. The quantitative estimate of drug-likeness (QED) is 0.347. The van der Waals surface area contributed by atoms with Crippen molar-refractivity contribution >= 4 is 41.5 Å². The molecule has 0 spiro atoms. The predicted molar refractivity (Wildman–Crippen MR) is 168 cm³/mol. The maximum Gasteiger partial charge on any atom is 0.253 e. The van der Waals surface area contributed by atoms with Crippen LogP contribution in [0.2, 0.25) is 0 Å². The second-order valence-corrected chi connectivity index (χ2v) is 12.1. The molecule has 0 unspecified atom stereocenters. The van der Waals surface area contributed by atoms with Gasteiger partial charge in [-0.3, -0.25) is 24.1 Å². The maximum absolute atomic E-state index is 14.8. The third-order valence-corrected chi connectivity index (χ3v) is 9.42. The normalized spacial score (nSPS) is 20.2. The molecule has 9 nitrogen and oxygen atoms in total. The molecule has 0 bridgehead atoms. The maximum atomic E-state index is 14.8. The van der Waals surface area contributed by atoms with Gasteiger partial charge in [-0.2, -0.15) is 0 Å². The summed E-state index contributed by atoms with van der Waals surface area (Å²) in [5.41, 5.74) is 1.45. The molecular weight excluding hydrogens is 578 g/mol. The lowest BCUT2D eigenvalue weighted by atomic mass is 9.90. The molecule has 228 valence electrons. The lowest BCUT2D eigenvalue weighted by molar-refractivity contribution is -0.142. The van der Waals surface area contributed by atoms with Gasteiger partial charge in [-0.1, -0.05) is 42.5 Å². The van der Waals surface area contributed by atoms with Crippen LogP contribution in [0, 0.1) is 0 Å². The number of ether oxygens (including phenoxy) is 2. The van der Waals surface area contributed by atoms with E-state index in [0.29, 0.717) is 43.2 Å². The van der Waals surface area contributed by atoms with E-state index < -0.39 is 22.6 Å². The molecule has 2 fully saturated rings. The van der Waals surface area contributed by atoms with Crippen molar-refractivity contribution in [3.8, 4) is 11.5 Å². The minimum atomic E-state index is -1.38. The van der Waals surface area contributed by atoms with Gasteiger partial charge in [-0.05, 0) is 53.6 Å². The van der Waals surface area contributed by atoms with Crippen LogP contribution in [0.3, 0.4) is 0 Å². The molecule has 0 radical (unpaired) electrons. The standard InChI is InChI=1S/C34H35N3O6S/c1-24(38)35-19-21-36(22-20-35)33(41)34(44-29-16-14-28(43-3)15-17-29)23-31(40)37(30(39)18-9-25-7-5-4-6-8-25)32(34)26-10-12-27(42-2)13-11-26/h4-18,32H,19-23H2,1-3H3/b18-9+/t32-,34-/m1/s1. The zero-order valence-electron chi connectivity index (χ0n) is 25.0. The van der Waals surface area contributed by atoms with E-state index in [1.54, 1.807) is 66.5 Å². The van der Waals surface area contributed by atoms with Crippen LogP contribution in [0.4, 0.5) is 0 Å². The van der Waals surface area contributed by atoms with E-state index in [1.807, 2.05) is 42.5 Å². The van der Waals surface area contributed by atoms with Crippen LogP contribution < -0.4 is 9.47 Å². The molecule has 44 heavy (non-hydrogen) atoms. The average molecular weight is 614 g/mol. The number of nitrogens with zero attached hydrogens (tertiary/aromatic N) is 3. The smallest absolute Gasteiger partial charge is 0.253 e. The van der Waals surface area contributed by atoms with Gasteiger partial charge < -0.3 is 19.3 Å². The molecule has 10 heteroatoms. The van der Waals surface area contributed by atoms with Crippen LogP contribution in [-0.2, 0) is 19.2 Å². The second kappa shape index (κ2) is 13.4. The Bertz CT molecular complexity index is 1540. The topological polar surface area (TPSA) is 96.5 Å². The van der Waals surface area contributed by atoms with E-state index >= 15 is 0 Å². The zero-order valence-corrected chi connectivity index (χ0v) is 25.8. The number of carbonyl (C=O) groups excluding carboxylic acids is 4. The fourth-order valence-electron chi connectivity index (χ4n) is 5.70. The Morgan fingerprint density at radius 3 is 1.95 bits per heavy atom. The highest BCUT2D eigenvalue weighted by molar-refractivity contribution is 8.01. The van der Waals surface area contributed by atoms with Crippen molar-refractivity contribution in [2.24, 2.45) is 0 Å². The Balaban J connectivity index is 1.60. The van der Waals surface area contributed by atoms with E-state index in [9.17, 15) is 19.2 Å². The van der Waals surface area contributed by atoms with Crippen LogP contribution in [0.1, 0.15) is 30.5 Å². The van der Waals surface area contributed by atoms with Gasteiger partial charge in [0.05, 0.1) is 26.7 Å². The van der Waals surface area contributed by atoms with Crippen LogP contribution in [0.5, 0.6) is 11.5 Å². The zero-order chi connectivity index (χ0) is 31.3. The van der Waals surface area contributed by atoms with Crippen molar-refractivity contribution in [3.05, 3.63) is 96.1 Å². The molecule has 0 aliphatic carbocycles. The molecule has 2 atom stereocenters. The molecule has 2 aliphatic heterocycles. The number of benzene rings is 3. The van der Waals surface area contributed by atoms with Gasteiger partial charge in [0.1, 0.15) is 16.2 Å². The number of amides is 4. The minimum absolute atomic E-state index is 0.0476. The largest absolute Gasteiger partial charge is 0.497 e. The van der Waals surface area contributed by atoms with Gasteiger partial charge in [-0.15, -0.1) is 11.8 Å². The summed E-state index contributed by atoms with van der Waals surface area (Å²) in [6.45, 7) is 2.96. The fourth-order valence-corrected chi connectivity index (χ4v) is 7.16. The Kier molecular flexibility index (Phi) is 9.39. The summed E-state index contributed by atoms with van der Waals surface area (Å²) in [7, 11) is 3.14. The molecule has 2 saturated heterocycles. The highest BCUT2D eigenvalue weighted by atomic mass is 32.2. The van der Waals surface area contributed by atoms with Crippen molar-refractivity contribution in [1.29, 1.82) is 0 Å². The van der Waals surface area contributed by atoms with Crippen molar-refractivity contribution in [2.45, 2.75) is 29.0 Å². The van der Waals surface area contributed by atoms with Crippen LogP contribution in [0.25, 0.3) is 6.08 Å². The monoisotopic (exact) mass is 613 g/mol. The van der Waals surface area contributed by atoms with E-state index in [-0.39, 0.29) is 18.2 Å². The Morgan fingerprint density at radius 1 is 0.818 bits per heavy atom. The third-order valence-electron chi connectivity index (χ3n) is 8.00. The summed E-state index contributed by atoms with van der Waals surface area (Å²) in [5.74, 6) is 0.0232. The first kappa shape index (κ1) is 30.9. The van der Waals surface area contributed by atoms with E-state index in [1.165, 1.54) is 29.7 Å². The Hall–Kier alpha value is -4.57. The van der Waals surface area contributed by atoms with Crippen LogP contribution in [0.15, 0.2) is 89.8 Å². The van der Waals surface area contributed by atoms with E-state index in [0.717, 1.165) is 10.5 Å². The number of hydrogen-bond acceptors (Lipinski definition) is 7. The van der Waals surface area contributed by atoms with Crippen molar-refractivity contribution in [2.75, 3.05) is 40.4 Å². The number of hydrogen-bond donors (Lipinski definition) is 0. The molecule has 2 aliphatic rings. The number of thioether (sulfide) groups is 1. The highest BCUT2D eigenvalue weighted by Crippen LogP contribution is 2.54. The molecule has 0 saturated carbocycles. The first-order valence-corrected chi connectivity index (χ1v) is 15.2. The van der Waals surface area contributed by atoms with Gasteiger partial charge in [-0.25, -0.2) is 0 Å². The number of methoxy groups -OCH3 is 2. The SMILES string of the molecule is COc1ccc(S[C@]2(C(=O)N3CCN(C(C)=O)CC3)CC(=O)N(C(=O)/C=C/c3ccccc3)[C@@H]2c2ccc(OC)cc2)cc1. The summed E-state index contributed by atoms with van der Waals surface area (Å²) >= 11 is 1.28. The van der Waals surface area contributed by atoms with Crippen molar-refractivity contribution in [1.82, 2.24) is 14.7 Å². The molecule has 0 N–H and O–H groups in total. The summed E-state index contributed by atoms with van der Waals surface area (Å²) in [5, 5.41) is 0. The molecule has 4 amide bonds. The first-order valence-electron chi connectivity index (χ1n) is 14.4. The molecule has 3 aromatic carbocycles. The first-order chi connectivity index (χ1) is 21.3. The minimum Gasteiger partial charge on any atom is -0.497 e. The van der Waals surface area contributed by atoms with Gasteiger partial charge in [0.15, 0.2) is 0 Å². The lowest BCUT2D eigenvalue weighted by Gasteiger charge is -2.42. The number of likely N-dealkylation sites (tertiary alicyclic amines) is 1. The summed E-state index contributed by atoms with van der Waals surface area (Å²) < 4.78 is 9.33. The Morgan fingerprint density at radius 2 is 1.39 bits per heavy atom. The van der Waals surface area contributed by atoms with E-state index in [4.69, 9.17) is 9.47 Å². The van der Waals surface area contributed by atoms with Gasteiger partial charge >= 0.3 is 0 Å². The van der Waals surface area contributed by atoms with Crippen LogP contribution in [-0.4, -0.2) is 83.5 Å². The average Bonchev–Trinajstić information content (AvgIpc) is 3.36. The molecular formula is C34H35N3O6S.